The van der Waals surface area contributed by atoms with Crippen LogP contribution in [0.1, 0.15) is 0 Å². The van der Waals surface area contributed by atoms with Crippen molar-refractivity contribution in [1.82, 2.24) is 0 Å². The molecule has 0 aliphatic rings. The van der Waals surface area contributed by atoms with Gasteiger partial charge in [0.1, 0.15) is 0 Å². The van der Waals surface area contributed by atoms with Crippen LogP contribution in [-0.2, 0) is 0 Å². The van der Waals surface area contributed by atoms with Crippen molar-refractivity contribution in [3.8, 4) is 0 Å². The molecule has 0 aromatic heterocycles. The number of halogens is 1. The van der Waals surface area contributed by atoms with Gasteiger partial charge in [0, 0.05) is 0 Å². The molecule has 0 aromatic rings. The van der Waals surface area contributed by atoms with E-state index in [1.807, 2.05) is 0 Å². The van der Waals surface area contributed by atoms with E-state index in [1.54, 1.807) is 0 Å². The van der Waals surface area contributed by atoms with Crippen molar-refractivity contribution in [2.24, 2.45) is 0 Å². The van der Waals surface area contributed by atoms with Crippen LogP contribution in [0.25, 0.3) is 0 Å². The SMILES string of the molecule is O.OCl.[NaH]. The Morgan fingerprint density at radius 1 is 1.25 bits per heavy atom. The number of hydrogen-bond donors (Lipinski definition) is 1. The normalized spacial score (nSPS) is 1.50. The van der Waals surface area contributed by atoms with Crippen LogP contribution in [0, 0.1) is 0 Å². The summed E-state index contributed by atoms with van der Waals surface area (Å²) in [7, 11) is 0. The third-order valence-electron chi connectivity index (χ3n) is 0. The molecule has 0 rings (SSSR count). The molecule has 0 spiro atoms. The molecule has 0 bridgehead atoms. The van der Waals surface area contributed by atoms with Crippen LogP contribution in [-0.4, -0.2) is 39.7 Å². The number of rotatable bonds is 0. The molecule has 0 amide bonds. The van der Waals surface area contributed by atoms with Crippen LogP contribution in [0.5, 0.6) is 0 Å². The third kappa shape index (κ3) is 10.7. The molecule has 0 aliphatic carbocycles. The quantitative estimate of drug-likeness (QED) is 0.371. The summed E-state index contributed by atoms with van der Waals surface area (Å²) in [5.74, 6) is 0. The molecule has 0 unspecified atom stereocenters. The maximum atomic E-state index is 6.47. The Labute approximate surface area is 51.5 Å². The van der Waals surface area contributed by atoms with E-state index in [2.05, 4.69) is 11.9 Å². The van der Waals surface area contributed by atoms with Gasteiger partial charge in [-0.05, 0) is 0 Å². The zero-order valence-electron chi connectivity index (χ0n) is 1.33. The second-order valence-corrected chi connectivity index (χ2v) is 0. The van der Waals surface area contributed by atoms with Crippen LogP contribution in [0.2, 0.25) is 0 Å². The molecule has 0 atom stereocenters. The van der Waals surface area contributed by atoms with E-state index in [1.165, 1.54) is 0 Å². The molecule has 0 fully saturated rings. The van der Waals surface area contributed by atoms with E-state index in [4.69, 9.17) is 4.66 Å². The Morgan fingerprint density at radius 2 is 1.25 bits per heavy atom. The molecular weight excluding hydrogens is 90.4 g/mol. The molecule has 0 saturated carbocycles. The van der Waals surface area contributed by atoms with Gasteiger partial charge in [-0.25, -0.2) is 0 Å². The summed E-state index contributed by atoms with van der Waals surface area (Å²) in [5, 5.41) is 0. The minimum absolute atomic E-state index is 0. The van der Waals surface area contributed by atoms with Crippen molar-refractivity contribution in [3.05, 3.63) is 0 Å². The van der Waals surface area contributed by atoms with Gasteiger partial charge in [-0.2, -0.15) is 0 Å². The first-order valence-electron chi connectivity index (χ1n) is 0.169. The molecule has 0 heterocycles. The van der Waals surface area contributed by atoms with E-state index < -0.39 is 0 Å². The second-order valence-electron chi connectivity index (χ2n) is 0. The predicted octanol–water partition coefficient (Wildman–Crippen LogP) is -1.34. The Hall–Kier alpha value is 1.21. The molecule has 0 saturated heterocycles. The van der Waals surface area contributed by atoms with Gasteiger partial charge in [0.25, 0.3) is 0 Å². The van der Waals surface area contributed by atoms with E-state index >= 15 is 0 Å². The van der Waals surface area contributed by atoms with Gasteiger partial charge in [0.15, 0.2) is 0 Å². The summed E-state index contributed by atoms with van der Waals surface area (Å²) in [6.45, 7) is 0. The Kier molecular flexibility index (Phi) is 140. The fraction of sp³-hybridized carbons (Fsp3) is 0. The topological polar surface area (TPSA) is 51.7 Å². The van der Waals surface area contributed by atoms with Crippen LogP contribution in [0.4, 0.5) is 0 Å². The fourth-order valence-electron chi connectivity index (χ4n) is 0. The van der Waals surface area contributed by atoms with Crippen LogP contribution in [0.3, 0.4) is 0 Å². The molecule has 4 heavy (non-hydrogen) atoms. The summed E-state index contributed by atoms with van der Waals surface area (Å²) in [5.41, 5.74) is 0. The van der Waals surface area contributed by atoms with Crippen molar-refractivity contribution in [1.29, 1.82) is 0 Å². The molecule has 2 nitrogen and oxygen atoms in total. The monoisotopic (exact) mass is 94.0 g/mol. The van der Waals surface area contributed by atoms with Gasteiger partial charge < -0.3 is 5.48 Å². The molecule has 24 valence electrons. The van der Waals surface area contributed by atoms with Crippen molar-refractivity contribution >= 4 is 41.4 Å². The average molecular weight is 94.5 g/mol. The maximum absolute atomic E-state index is 6.47. The Morgan fingerprint density at radius 3 is 1.25 bits per heavy atom. The van der Waals surface area contributed by atoms with Gasteiger partial charge in [-0.3, -0.25) is 4.66 Å². The van der Waals surface area contributed by atoms with Crippen LogP contribution in [0.15, 0.2) is 0 Å². The van der Waals surface area contributed by atoms with E-state index in [0.29, 0.717) is 0 Å². The van der Waals surface area contributed by atoms with Gasteiger partial charge in [0.2, 0.25) is 0 Å². The van der Waals surface area contributed by atoms with E-state index in [-0.39, 0.29) is 35.0 Å². The first kappa shape index (κ1) is 18.9. The molecule has 4 heteroatoms. The van der Waals surface area contributed by atoms with Gasteiger partial charge in [0.05, 0.1) is 11.9 Å². The first-order chi connectivity index (χ1) is 1.00. The van der Waals surface area contributed by atoms with Crippen LogP contribution < -0.4 is 0 Å². The average Bonchev–Trinajstić information content (AvgIpc) is 1.00. The van der Waals surface area contributed by atoms with E-state index in [0.717, 1.165) is 0 Å². The summed E-state index contributed by atoms with van der Waals surface area (Å²) in [6.07, 6.45) is 0. The van der Waals surface area contributed by atoms with Crippen molar-refractivity contribution in [2.45, 2.75) is 0 Å². The van der Waals surface area contributed by atoms with Crippen LogP contribution >= 0.6 is 11.9 Å². The summed E-state index contributed by atoms with van der Waals surface area (Å²) < 4.78 is 6.47. The van der Waals surface area contributed by atoms with Crippen molar-refractivity contribution < 1.29 is 10.1 Å². The predicted molar refractivity (Wildman–Crippen MR) is 18.8 cm³/mol. The molecule has 0 radical (unpaired) electrons. The fourth-order valence-corrected chi connectivity index (χ4v) is 0. The second kappa shape index (κ2) is 29.6. The Bertz CT molecular complexity index is 6.00. The number of hydrogen-bond acceptors (Lipinski definition) is 1. The summed E-state index contributed by atoms with van der Waals surface area (Å²) in [6, 6.07) is 0. The summed E-state index contributed by atoms with van der Waals surface area (Å²) >= 11 is 3.64. The van der Waals surface area contributed by atoms with Gasteiger partial charge >= 0.3 is 29.6 Å². The minimum atomic E-state index is 0. The molecule has 3 N–H and O–H groups in total. The molecular formula is H4ClNaO2. The Balaban J connectivity index is -0.00000000500. The van der Waals surface area contributed by atoms with Gasteiger partial charge in [-0.1, -0.05) is 0 Å². The van der Waals surface area contributed by atoms with Crippen molar-refractivity contribution in [3.63, 3.8) is 0 Å². The zero-order chi connectivity index (χ0) is 2.00. The van der Waals surface area contributed by atoms with Crippen molar-refractivity contribution in [2.75, 3.05) is 0 Å². The zero-order valence-corrected chi connectivity index (χ0v) is 2.08. The van der Waals surface area contributed by atoms with Gasteiger partial charge in [-0.15, -0.1) is 0 Å². The molecule has 0 aromatic carbocycles. The first-order valence-corrected chi connectivity index (χ1v) is 0.507. The standard InChI is InChI=1S/ClHO.Na.H2O.H/c1-2;;;/h2H;;1H2;. The summed E-state index contributed by atoms with van der Waals surface area (Å²) in [4.78, 5) is 0. The third-order valence-corrected chi connectivity index (χ3v) is 0. The van der Waals surface area contributed by atoms with E-state index in [9.17, 15) is 0 Å². The molecule has 0 aliphatic heterocycles.